The third-order valence-electron chi connectivity index (χ3n) is 3.23. The van der Waals surface area contributed by atoms with Gasteiger partial charge >= 0.3 is 0 Å². The van der Waals surface area contributed by atoms with E-state index in [4.69, 9.17) is 10.2 Å². The molecule has 0 radical (unpaired) electrons. The molecule has 0 saturated carbocycles. The smallest absolute Gasteiger partial charge is 0.193 e. The Bertz CT molecular complexity index is 576. The molecule has 2 N–H and O–H groups in total. The molecule has 0 aliphatic heterocycles. The van der Waals surface area contributed by atoms with Crippen molar-refractivity contribution in [3.8, 4) is 0 Å². The molecule has 20 heavy (non-hydrogen) atoms. The van der Waals surface area contributed by atoms with Crippen LogP contribution in [0.1, 0.15) is 27.0 Å². The van der Waals surface area contributed by atoms with E-state index in [-0.39, 0.29) is 19.0 Å². The maximum absolute atomic E-state index is 12.5. The van der Waals surface area contributed by atoms with Gasteiger partial charge in [0.1, 0.15) is 0 Å². The van der Waals surface area contributed by atoms with E-state index in [1.807, 2.05) is 30.3 Å². The second-order valence-corrected chi connectivity index (χ2v) is 4.63. The summed E-state index contributed by atoms with van der Waals surface area (Å²) in [5, 5.41) is 18.1. The van der Waals surface area contributed by atoms with Gasteiger partial charge in [0, 0.05) is 24.3 Å². The van der Waals surface area contributed by atoms with Gasteiger partial charge in [0.05, 0.1) is 0 Å². The summed E-state index contributed by atoms with van der Waals surface area (Å²) in [7, 11) is 0. The molecule has 0 spiro atoms. The topological polar surface area (TPSA) is 57.5 Å². The summed E-state index contributed by atoms with van der Waals surface area (Å²) in [4.78, 5) is 12.5. The monoisotopic (exact) mass is 270 g/mol. The van der Waals surface area contributed by atoms with E-state index in [2.05, 4.69) is 0 Å². The minimum atomic E-state index is -0.0374. The van der Waals surface area contributed by atoms with Crippen molar-refractivity contribution >= 4 is 5.78 Å². The molecular formula is C17H18O3. The van der Waals surface area contributed by atoms with Crippen LogP contribution in [0.15, 0.2) is 48.5 Å². The van der Waals surface area contributed by atoms with Crippen LogP contribution in [0.3, 0.4) is 0 Å². The summed E-state index contributed by atoms with van der Waals surface area (Å²) < 4.78 is 0. The van der Waals surface area contributed by atoms with Crippen molar-refractivity contribution in [1.82, 2.24) is 0 Å². The van der Waals surface area contributed by atoms with Crippen molar-refractivity contribution in [2.75, 3.05) is 13.2 Å². The number of hydrogen-bond acceptors (Lipinski definition) is 3. The molecule has 0 atom stereocenters. The quantitative estimate of drug-likeness (QED) is 0.789. The normalized spacial score (nSPS) is 10.5. The van der Waals surface area contributed by atoms with Crippen LogP contribution in [-0.2, 0) is 12.8 Å². The second kappa shape index (κ2) is 6.98. The molecule has 0 aliphatic carbocycles. The molecule has 0 amide bonds. The highest BCUT2D eigenvalue weighted by Gasteiger charge is 2.13. The molecule has 0 fully saturated rings. The Kier molecular flexibility index (Phi) is 5.04. The molecule has 3 heteroatoms. The van der Waals surface area contributed by atoms with E-state index in [0.29, 0.717) is 24.0 Å². The van der Waals surface area contributed by atoms with Crippen molar-refractivity contribution in [3.05, 3.63) is 70.8 Å². The number of carbonyl (C=O) groups excluding carboxylic acids is 1. The standard InChI is InChI=1S/C17H18O3/c18-10-8-13-6-7-16(15(12-13)9-11-19)17(20)14-4-2-1-3-5-14/h1-7,12,18-19H,8-11H2. The number of carbonyl (C=O) groups is 1. The first-order valence-electron chi connectivity index (χ1n) is 6.69. The fourth-order valence-corrected chi connectivity index (χ4v) is 2.23. The summed E-state index contributed by atoms with van der Waals surface area (Å²) in [6, 6.07) is 14.6. The number of ketones is 1. The van der Waals surface area contributed by atoms with E-state index in [1.165, 1.54) is 0 Å². The van der Waals surface area contributed by atoms with Crippen molar-refractivity contribution in [3.63, 3.8) is 0 Å². The first-order valence-corrected chi connectivity index (χ1v) is 6.69. The van der Waals surface area contributed by atoms with Crippen LogP contribution in [0.2, 0.25) is 0 Å². The molecule has 0 bridgehead atoms. The SMILES string of the molecule is O=C(c1ccccc1)c1ccc(CCO)cc1CCO. The Morgan fingerprint density at radius 3 is 2.25 bits per heavy atom. The van der Waals surface area contributed by atoms with Gasteiger partial charge in [-0.15, -0.1) is 0 Å². The van der Waals surface area contributed by atoms with Gasteiger partial charge < -0.3 is 10.2 Å². The Balaban J connectivity index is 2.37. The van der Waals surface area contributed by atoms with Crippen LogP contribution in [0.4, 0.5) is 0 Å². The predicted octanol–water partition coefficient (Wildman–Crippen LogP) is 1.99. The van der Waals surface area contributed by atoms with Crippen molar-refractivity contribution in [2.45, 2.75) is 12.8 Å². The Morgan fingerprint density at radius 2 is 1.60 bits per heavy atom. The highest BCUT2D eigenvalue weighted by molar-refractivity contribution is 6.09. The largest absolute Gasteiger partial charge is 0.396 e. The van der Waals surface area contributed by atoms with E-state index in [0.717, 1.165) is 11.1 Å². The molecule has 0 aromatic heterocycles. The van der Waals surface area contributed by atoms with E-state index in [1.54, 1.807) is 18.2 Å². The minimum Gasteiger partial charge on any atom is -0.396 e. The molecule has 0 heterocycles. The first kappa shape index (κ1) is 14.4. The molecule has 0 aliphatic rings. The Labute approximate surface area is 118 Å². The number of hydrogen-bond donors (Lipinski definition) is 2. The molecule has 2 aromatic carbocycles. The summed E-state index contributed by atoms with van der Waals surface area (Å²) in [5.41, 5.74) is 3.06. The summed E-state index contributed by atoms with van der Waals surface area (Å²) in [5.74, 6) is -0.0374. The summed E-state index contributed by atoms with van der Waals surface area (Å²) >= 11 is 0. The summed E-state index contributed by atoms with van der Waals surface area (Å²) in [6.07, 6.45) is 0.991. The van der Waals surface area contributed by atoms with Crippen LogP contribution in [0, 0.1) is 0 Å². The van der Waals surface area contributed by atoms with Crippen LogP contribution >= 0.6 is 0 Å². The number of aliphatic hydroxyl groups is 2. The highest BCUT2D eigenvalue weighted by atomic mass is 16.3. The number of rotatable bonds is 6. The zero-order chi connectivity index (χ0) is 14.4. The molecule has 0 saturated heterocycles. The molecule has 2 aromatic rings. The fraction of sp³-hybridized carbons (Fsp3) is 0.235. The molecule has 104 valence electrons. The minimum absolute atomic E-state index is 0.00233. The van der Waals surface area contributed by atoms with Gasteiger partial charge in [0.2, 0.25) is 0 Å². The second-order valence-electron chi connectivity index (χ2n) is 4.63. The highest BCUT2D eigenvalue weighted by Crippen LogP contribution is 2.18. The molecule has 2 rings (SSSR count). The van der Waals surface area contributed by atoms with Crippen LogP contribution in [0.25, 0.3) is 0 Å². The number of benzene rings is 2. The van der Waals surface area contributed by atoms with Gasteiger partial charge in [-0.05, 0) is 24.0 Å². The summed E-state index contributed by atoms with van der Waals surface area (Å²) in [6.45, 7) is 0.0716. The van der Waals surface area contributed by atoms with E-state index < -0.39 is 0 Å². The molecular weight excluding hydrogens is 252 g/mol. The van der Waals surface area contributed by atoms with Gasteiger partial charge in [-0.1, -0.05) is 48.5 Å². The van der Waals surface area contributed by atoms with Crippen molar-refractivity contribution < 1.29 is 15.0 Å². The van der Waals surface area contributed by atoms with Crippen LogP contribution in [0.5, 0.6) is 0 Å². The Hall–Kier alpha value is -1.97. The lowest BCUT2D eigenvalue weighted by atomic mass is 9.94. The van der Waals surface area contributed by atoms with E-state index in [9.17, 15) is 4.79 Å². The van der Waals surface area contributed by atoms with Crippen molar-refractivity contribution in [2.24, 2.45) is 0 Å². The first-order chi connectivity index (χ1) is 9.76. The lowest BCUT2D eigenvalue weighted by molar-refractivity contribution is 0.103. The fourth-order valence-electron chi connectivity index (χ4n) is 2.23. The van der Waals surface area contributed by atoms with Crippen LogP contribution in [-0.4, -0.2) is 29.2 Å². The van der Waals surface area contributed by atoms with Gasteiger partial charge in [-0.25, -0.2) is 0 Å². The lowest BCUT2D eigenvalue weighted by Crippen LogP contribution is -2.08. The maximum atomic E-state index is 12.5. The zero-order valence-electron chi connectivity index (χ0n) is 11.2. The third kappa shape index (κ3) is 3.32. The molecule has 3 nitrogen and oxygen atoms in total. The van der Waals surface area contributed by atoms with Gasteiger partial charge in [0.25, 0.3) is 0 Å². The third-order valence-corrected chi connectivity index (χ3v) is 3.23. The zero-order valence-corrected chi connectivity index (χ0v) is 11.2. The lowest BCUT2D eigenvalue weighted by Gasteiger charge is -2.10. The average molecular weight is 270 g/mol. The molecule has 0 unspecified atom stereocenters. The van der Waals surface area contributed by atoms with Crippen LogP contribution < -0.4 is 0 Å². The predicted molar refractivity (Wildman–Crippen MR) is 77.9 cm³/mol. The number of aliphatic hydroxyl groups excluding tert-OH is 2. The van der Waals surface area contributed by atoms with E-state index >= 15 is 0 Å². The Morgan fingerprint density at radius 1 is 0.900 bits per heavy atom. The van der Waals surface area contributed by atoms with Crippen molar-refractivity contribution in [1.29, 1.82) is 0 Å². The maximum Gasteiger partial charge on any atom is 0.193 e. The van der Waals surface area contributed by atoms with Gasteiger partial charge in [-0.2, -0.15) is 0 Å². The van der Waals surface area contributed by atoms with Gasteiger partial charge in [0.15, 0.2) is 5.78 Å². The van der Waals surface area contributed by atoms with Gasteiger partial charge in [-0.3, -0.25) is 4.79 Å². The average Bonchev–Trinajstić information content (AvgIpc) is 2.48.